The number of thiazole rings is 1. The van der Waals surface area contributed by atoms with E-state index in [9.17, 15) is 4.79 Å². The van der Waals surface area contributed by atoms with Crippen LogP contribution in [0.3, 0.4) is 0 Å². The molecule has 6 nitrogen and oxygen atoms in total. The number of carbonyl (C=O) groups is 1. The second kappa shape index (κ2) is 8.35. The van der Waals surface area contributed by atoms with Crippen molar-refractivity contribution in [3.63, 3.8) is 0 Å². The number of nitrogens with zero attached hydrogens (tertiary/aromatic N) is 3. The topological polar surface area (TPSA) is 64.6 Å². The number of pyridine rings is 1. The Morgan fingerprint density at radius 3 is 2.74 bits per heavy atom. The Bertz CT molecular complexity index is 1240. The predicted octanol–water partition coefficient (Wildman–Crippen LogP) is 4.87. The van der Waals surface area contributed by atoms with Crippen LogP contribution in [0.4, 0.5) is 5.13 Å². The summed E-state index contributed by atoms with van der Waals surface area (Å²) in [7, 11) is 0. The van der Waals surface area contributed by atoms with Gasteiger partial charge in [0.2, 0.25) is 0 Å². The Morgan fingerprint density at radius 1 is 1.06 bits per heavy atom. The summed E-state index contributed by atoms with van der Waals surface area (Å²) in [5.41, 5.74) is 3.44. The number of fused-ring (bicyclic) bond motifs is 2. The molecule has 31 heavy (non-hydrogen) atoms. The molecule has 0 fully saturated rings. The Balaban J connectivity index is 1.56. The van der Waals surface area contributed by atoms with Crippen LogP contribution < -0.4 is 14.4 Å². The number of amides is 1. The molecule has 0 spiro atoms. The van der Waals surface area contributed by atoms with E-state index in [4.69, 9.17) is 14.5 Å². The fourth-order valence-corrected chi connectivity index (χ4v) is 4.62. The molecule has 1 amide bonds. The van der Waals surface area contributed by atoms with Crippen LogP contribution >= 0.6 is 11.3 Å². The number of hydrogen-bond acceptors (Lipinski definition) is 6. The van der Waals surface area contributed by atoms with Crippen LogP contribution in [0.1, 0.15) is 28.5 Å². The van der Waals surface area contributed by atoms with Crippen molar-refractivity contribution in [2.45, 2.75) is 19.9 Å². The van der Waals surface area contributed by atoms with Gasteiger partial charge in [-0.25, -0.2) is 4.98 Å². The highest BCUT2D eigenvalue weighted by molar-refractivity contribution is 7.22. The maximum Gasteiger partial charge on any atom is 0.260 e. The molecule has 0 radical (unpaired) electrons. The lowest BCUT2D eigenvalue weighted by atomic mass is 10.1. The second-order valence-electron chi connectivity index (χ2n) is 7.18. The van der Waals surface area contributed by atoms with Gasteiger partial charge in [0.1, 0.15) is 13.2 Å². The molecule has 0 aliphatic carbocycles. The van der Waals surface area contributed by atoms with Crippen molar-refractivity contribution in [2.75, 3.05) is 18.1 Å². The number of benzene rings is 2. The van der Waals surface area contributed by atoms with Gasteiger partial charge in [-0.2, -0.15) is 0 Å². The predicted molar refractivity (Wildman–Crippen MR) is 121 cm³/mol. The lowest BCUT2D eigenvalue weighted by Crippen LogP contribution is -2.31. The standard InChI is InChI=1S/C24H21N3O3S/c1-2-16-6-5-8-21-22(16)26-24(31-21)27(15-18-7-3-4-11-25-18)23(28)17-9-10-19-20(14-17)30-13-12-29-19/h3-11,14H,2,12-13,15H2,1H3. The quantitative estimate of drug-likeness (QED) is 0.451. The van der Waals surface area contributed by atoms with Crippen LogP contribution in [-0.4, -0.2) is 29.1 Å². The lowest BCUT2D eigenvalue weighted by molar-refractivity contribution is 0.0983. The van der Waals surface area contributed by atoms with Crippen molar-refractivity contribution in [2.24, 2.45) is 0 Å². The molecule has 0 saturated carbocycles. The Kier molecular flexibility index (Phi) is 5.26. The van der Waals surface area contributed by atoms with Crippen molar-refractivity contribution >= 4 is 32.6 Å². The van der Waals surface area contributed by atoms with E-state index in [1.54, 1.807) is 29.3 Å². The van der Waals surface area contributed by atoms with Crippen molar-refractivity contribution in [1.82, 2.24) is 9.97 Å². The summed E-state index contributed by atoms with van der Waals surface area (Å²) in [5.74, 6) is 1.10. The number of aryl methyl sites for hydroxylation is 1. The van der Waals surface area contributed by atoms with Gasteiger partial charge in [-0.3, -0.25) is 14.7 Å². The SMILES string of the molecule is CCc1cccc2sc(N(Cc3ccccn3)C(=O)c3ccc4c(c3)OCCO4)nc12. The van der Waals surface area contributed by atoms with Crippen molar-refractivity contribution in [3.8, 4) is 11.5 Å². The summed E-state index contributed by atoms with van der Waals surface area (Å²) in [5, 5.41) is 0.654. The van der Waals surface area contributed by atoms with E-state index in [0.29, 0.717) is 42.0 Å². The number of hydrogen-bond donors (Lipinski definition) is 0. The van der Waals surface area contributed by atoms with Gasteiger partial charge in [0.25, 0.3) is 5.91 Å². The molecule has 2 aromatic carbocycles. The Labute approximate surface area is 184 Å². The van der Waals surface area contributed by atoms with Crippen LogP contribution in [0.25, 0.3) is 10.2 Å². The highest BCUT2D eigenvalue weighted by atomic mass is 32.1. The molecule has 1 aliphatic heterocycles. The molecule has 0 unspecified atom stereocenters. The van der Waals surface area contributed by atoms with Gasteiger partial charge < -0.3 is 9.47 Å². The monoisotopic (exact) mass is 431 g/mol. The third-order valence-electron chi connectivity index (χ3n) is 5.18. The fourth-order valence-electron chi connectivity index (χ4n) is 3.61. The number of carbonyl (C=O) groups excluding carboxylic acids is 1. The first-order chi connectivity index (χ1) is 15.2. The molecule has 2 aromatic heterocycles. The summed E-state index contributed by atoms with van der Waals surface area (Å²) in [4.78, 5) is 24.6. The molecule has 1 aliphatic rings. The Hall–Kier alpha value is -3.45. The van der Waals surface area contributed by atoms with E-state index >= 15 is 0 Å². The molecule has 4 aromatic rings. The summed E-state index contributed by atoms with van der Waals surface area (Å²) in [6.45, 7) is 3.42. The average molecular weight is 432 g/mol. The van der Waals surface area contributed by atoms with Crippen LogP contribution in [0, 0.1) is 0 Å². The number of aromatic nitrogens is 2. The van der Waals surface area contributed by atoms with Gasteiger partial charge in [0.05, 0.1) is 22.5 Å². The van der Waals surface area contributed by atoms with Crippen LogP contribution in [-0.2, 0) is 13.0 Å². The van der Waals surface area contributed by atoms with Gasteiger partial charge in [-0.05, 0) is 48.4 Å². The summed E-state index contributed by atoms with van der Waals surface area (Å²) < 4.78 is 12.3. The summed E-state index contributed by atoms with van der Waals surface area (Å²) in [6.07, 6.45) is 2.62. The smallest absolute Gasteiger partial charge is 0.260 e. The summed E-state index contributed by atoms with van der Waals surface area (Å²) >= 11 is 1.52. The van der Waals surface area contributed by atoms with E-state index in [-0.39, 0.29) is 5.91 Å². The normalized spacial score (nSPS) is 12.7. The van der Waals surface area contributed by atoms with Crippen molar-refractivity contribution < 1.29 is 14.3 Å². The van der Waals surface area contributed by atoms with Crippen LogP contribution in [0.2, 0.25) is 0 Å². The van der Waals surface area contributed by atoms with Gasteiger partial charge >= 0.3 is 0 Å². The maximum atomic E-state index is 13.6. The molecular weight excluding hydrogens is 410 g/mol. The molecule has 0 bridgehead atoms. The zero-order valence-electron chi connectivity index (χ0n) is 17.1. The number of para-hydroxylation sites is 1. The minimum Gasteiger partial charge on any atom is -0.486 e. The van der Waals surface area contributed by atoms with E-state index in [1.165, 1.54) is 16.9 Å². The third kappa shape index (κ3) is 3.84. The van der Waals surface area contributed by atoms with E-state index in [2.05, 4.69) is 18.0 Å². The number of anilines is 1. The van der Waals surface area contributed by atoms with Crippen LogP contribution in [0.15, 0.2) is 60.8 Å². The largest absolute Gasteiger partial charge is 0.486 e. The highest BCUT2D eigenvalue weighted by Gasteiger charge is 2.24. The van der Waals surface area contributed by atoms with Crippen molar-refractivity contribution in [1.29, 1.82) is 0 Å². The first-order valence-corrected chi connectivity index (χ1v) is 11.0. The second-order valence-corrected chi connectivity index (χ2v) is 8.19. The minimum atomic E-state index is -0.153. The lowest BCUT2D eigenvalue weighted by Gasteiger charge is -2.22. The molecule has 0 atom stereocenters. The van der Waals surface area contributed by atoms with Crippen LogP contribution in [0.5, 0.6) is 11.5 Å². The molecule has 7 heteroatoms. The van der Waals surface area contributed by atoms with Gasteiger partial charge in [0, 0.05) is 11.8 Å². The summed E-state index contributed by atoms with van der Waals surface area (Å²) in [6, 6.07) is 17.2. The molecular formula is C24H21N3O3S. The minimum absolute atomic E-state index is 0.153. The number of rotatable bonds is 5. The Morgan fingerprint density at radius 2 is 1.94 bits per heavy atom. The first kappa shape index (κ1) is 19.5. The van der Waals surface area contributed by atoms with E-state index in [1.807, 2.05) is 30.3 Å². The van der Waals surface area contributed by atoms with Gasteiger partial charge in [-0.1, -0.05) is 36.5 Å². The molecule has 3 heterocycles. The van der Waals surface area contributed by atoms with Gasteiger partial charge in [0.15, 0.2) is 16.6 Å². The zero-order chi connectivity index (χ0) is 21.2. The molecule has 0 N–H and O–H groups in total. The molecule has 0 saturated heterocycles. The van der Waals surface area contributed by atoms with Gasteiger partial charge in [-0.15, -0.1) is 0 Å². The number of ether oxygens (including phenoxy) is 2. The first-order valence-electron chi connectivity index (χ1n) is 10.2. The van der Waals surface area contributed by atoms with E-state index in [0.717, 1.165) is 22.3 Å². The zero-order valence-corrected chi connectivity index (χ0v) is 17.9. The fraction of sp³-hybridized carbons (Fsp3) is 0.208. The average Bonchev–Trinajstić information content (AvgIpc) is 3.26. The molecule has 5 rings (SSSR count). The molecule has 156 valence electrons. The third-order valence-corrected chi connectivity index (χ3v) is 6.23. The van der Waals surface area contributed by atoms with Crippen molar-refractivity contribution in [3.05, 3.63) is 77.6 Å². The van der Waals surface area contributed by atoms with E-state index < -0.39 is 0 Å². The maximum absolute atomic E-state index is 13.6. The highest BCUT2D eigenvalue weighted by Crippen LogP contribution is 2.35.